The highest BCUT2D eigenvalue weighted by Crippen LogP contribution is 2.34. The predicted octanol–water partition coefficient (Wildman–Crippen LogP) is 0.462. The van der Waals surface area contributed by atoms with Gasteiger partial charge in [0.1, 0.15) is 5.82 Å². The molecule has 4 rings (SSSR count). The van der Waals surface area contributed by atoms with E-state index in [0.29, 0.717) is 19.1 Å². The van der Waals surface area contributed by atoms with Gasteiger partial charge in [-0.1, -0.05) is 0 Å². The lowest BCUT2D eigenvalue weighted by Gasteiger charge is -2.41. The van der Waals surface area contributed by atoms with Gasteiger partial charge in [0.2, 0.25) is 0 Å². The van der Waals surface area contributed by atoms with Crippen LogP contribution in [0.15, 0.2) is 0 Å². The predicted molar refractivity (Wildman–Crippen MR) is 82.9 cm³/mol. The zero-order valence-electron chi connectivity index (χ0n) is 13.2. The fourth-order valence-corrected chi connectivity index (χ4v) is 4.06. The van der Waals surface area contributed by atoms with Crippen molar-refractivity contribution in [2.45, 2.75) is 37.9 Å². The molecule has 2 fully saturated rings. The lowest BCUT2D eigenvalue weighted by atomic mass is 10.1. The molecule has 23 heavy (non-hydrogen) atoms. The number of aromatic nitrogens is 2. The molecule has 0 aromatic carbocycles. The first-order chi connectivity index (χ1) is 11.2. The average Bonchev–Trinajstić information content (AvgIpc) is 2.84. The average molecular weight is 319 g/mol. The van der Waals surface area contributed by atoms with E-state index < -0.39 is 6.09 Å². The minimum atomic E-state index is -0.802. The third-order valence-corrected chi connectivity index (χ3v) is 5.08. The Bertz CT molecular complexity index is 624. The van der Waals surface area contributed by atoms with E-state index in [-0.39, 0.29) is 12.1 Å². The quantitative estimate of drug-likeness (QED) is 0.818. The molecule has 1 aromatic heterocycles. The number of anilines is 1. The number of carboxylic acid groups (broad SMARTS) is 1. The Hall–Kier alpha value is -2.09. The normalized spacial score (nSPS) is 26.1. The maximum Gasteiger partial charge on any atom is 0.407 e. The fraction of sp³-hybridized carbons (Fsp3) is 0.667. The number of fused-ring (bicyclic) bond motifs is 3. The van der Waals surface area contributed by atoms with Crippen LogP contribution in [0.1, 0.15) is 24.1 Å². The third kappa shape index (κ3) is 2.37. The van der Waals surface area contributed by atoms with Crippen molar-refractivity contribution in [3.63, 3.8) is 0 Å². The van der Waals surface area contributed by atoms with Crippen LogP contribution in [0.2, 0.25) is 0 Å². The van der Waals surface area contributed by atoms with Crippen LogP contribution in [0.5, 0.6) is 6.01 Å². The van der Waals surface area contributed by atoms with Gasteiger partial charge in [-0.25, -0.2) is 4.79 Å². The van der Waals surface area contributed by atoms with Crippen molar-refractivity contribution in [2.75, 3.05) is 31.6 Å². The highest BCUT2D eigenvalue weighted by molar-refractivity contribution is 5.67. The van der Waals surface area contributed by atoms with E-state index >= 15 is 0 Å². The van der Waals surface area contributed by atoms with Gasteiger partial charge in [-0.2, -0.15) is 9.97 Å². The molecule has 0 spiro atoms. The maximum atomic E-state index is 11.4. The van der Waals surface area contributed by atoms with Gasteiger partial charge < -0.3 is 20.1 Å². The Morgan fingerprint density at radius 2 is 2.04 bits per heavy atom. The second kappa shape index (κ2) is 5.52. The van der Waals surface area contributed by atoms with Crippen LogP contribution < -0.4 is 15.0 Å². The van der Waals surface area contributed by atoms with Crippen LogP contribution in [0.25, 0.3) is 0 Å². The summed E-state index contributed by atoms with van der Waals surface area (Å²) in [6.45, 7) is 3.03. The fourth-order valence-electron chi connectivity index (χ4n) is 4.06. The van der Waals surface area contributed by atoms with Gasteiger partial charge in [0.05, 0.1) is 24.9 Å². The molecule has 2 atom stereocenters. The summed E-state index contributed by atoms with van der Waals surface area (Å²) in [4.78, 5) is 24.4. The van der Waals surface area contributed by atoms with E-state index in [1.807, 2.05) is 0 Å². The Balaban J connectivity index is 1.68. The van der Waals surface area contributed by atoms with Gasteiger partial charge >= 0.3 is 12.1 Å². The Morgan fingerprint density at radius 3 is 2.70 bits per heavy atom. The van der Waals surface area contributed by atoms with E-state index in [2.05, 4.69) is 20.2 Å². The molecule has 0 aliphatic carbocycles. The molecular weight excluding hydrogens is 298 g/mol. The third-order valence-electron chi connectivity index (χ3n) is 5.08. The molecule has 2 N–H and O–H groups in total. The van der Waals surface area contributed by atoms with Crippen LogP contribution in [-0.4, -0.2) is 64.9 Å². The number of rotatable bonds is 2. The number of methoxy groups -OCH3 is 1. The monoisotopic (exact) mass is 319 g/mol. The van der Waals surface area contributed by atoms with E-state index in [1.165, 1.54) is 5.56 Å². The number of ether oxygens (including phenoxy) is 1. The summed E-state index contributed by atoms with van der Waals surface area (Å²) < 4.78 is 5.26. The summed E-state index contributed by atoms with van der Waals surface area (Å²) in [5.74, 6) is 0.926. The number of nitrogens with one attached hydrogen (secondary N) is 1. The van der Waals surface area contributed by atoms with Crippen LogP contribution in [-0.2, 0) is 13.0 Å². The lowest BCUT2D eigenvalue weighted by Crippen LogP contribution is -2.56. The lowest BCUT2D eigenvalue weighted by molar-refractivity contribution is 0.114. The van der Waals surface area contributed by atoms with Crippen molar-refractivity contribution in [1.29, 1.82) is 0 Å². The summed E-state index contributed by atoms with van der Waals surface area (Å²) in [6, 6.07) is 0.504. The van der Waals surface area contributed by atoms with Crippen molar-refractivity contribution in [2.24, 2.45) is 0 Å². The van der Waals surface area contributed by atoms with Crippen molar-refractivity contribution >= 4 is 11.9 Å². The number of hydrogen-bond acceptors (Lipinski definition) is 6. The Labute approximate surface area is 134 Å². The van der Waals surface area contributed by atoms with Gasteiger partial charge in [0, 0.05) is 25.2 Å². The van der Waals surface area contributed by atoms with Crippen LogP contribution >= 0.6 is 0 Å². The summed E-state index contributed by atoms with van der Waals surface area (Å²) >= 11 is 0. The Kier molecular flexibility index (Phi) is 3.48. The molecule has 2 bridgehead atoms. The molecule has 1 aromatic rings. The summed E-state index contributed by atoms with van der Waals surface area (Å²) in [6.07, 6.45) is 1.95. The van der Waals surface area contributed by atoms with Crippen molar-refractivity contribution in [3.8, 4) is 6.01 Å². The van der Waals surface area contributed by atoms with Crippen molar-refractivity contribution in [1.82, 2.24) is 20.2 Å². The molecule has 4 heterocycles. The number of piperazine rings is 1. The second-order valence-corrected chi connectivity index (χ2v) is 6.37. The highest BCUT2D eigenvalue weighted by Gasteiger charge is 2.43. The molecule has 0 radical (unpaired) electrons. The topological polar surface area (TPSA) is 90.8 Å². The number of amides is 1. The number of hydrogen-bond donors (Lipinski definition) is 2. The van der Waals surface area contributed by atoms with E-state index in [9.17, 15) is 9.90 Å². The van der Waals surface area contributed by atoms with Crippen LogP contribution in [0.4, 0.5) is 10.6 Å². The van der Waals surface area contributed by atoms with Gasteiger partial charge in [0.25, 0.3) is 0 Å². The molecule has 8 nitrogen and oxygen atoms in total. The first-order valence-corrected chi connectivity index (χ1v) is 8.08. The SMILES string of the molecule is COc1nc2c(c(N3C[C@H]4CC[C@@H](C3)N4C(=O)O)n1)CCNC2. The molecule has 1 amide bonds. The summed E-state index contributed by atoms with van der Waals surface area (Å²) in [5, 5.41) is 12.7. The smallest absolute Gasteiger partial charge is 0.407 e. The van der Waals surface area contributed by atoms with Crippen LogP contribution in [0.3, 0.4) is 0 Å². The maximum absolute atomic E-state index is 11.4. The molecular formula is C15H21N5O3. The highest BCUT2D eigenvalue weighted by atomic mass is 16.5. The minimum Gasteiger partial charge on any atom is -0.467 e. The zero-order valence-corrected chi connectivity index (χ0v) is 13.2. The molecule has 3 aliphatic heterocycles. The number of carbonyl (C=O) groups is 1. The van der Waals surface area contributed by atoms with Crippen LogP contribution in [0, 0.1) is 0 Å². The minimum absolute atomic E-state index is 0.0598. The van der Waals surface area contributed by atoms with Gasteiger partial charge in [-0.3, -0.25) is 4.90 Å². The van der Waals surface area contributed by atoms with Crippen molar-refractivity contribution < 1.29 is 14.6 Å². The second-order valence-electron chi connectivity index (χ2n) is 6.37. The van der Waals surface area contributed by atoms with Gasteiger partial charge in [-0.15, -0.1) is 0 Å². The molecule has 2 saturated heterocycles. The standard InChI is InChI=1S/C15H21N5O3/c1-23-14-17-12-6-16-5-4-11(12)13(18-14)19-7-9-2-3-10(8-19)20(9)15(21)22/h9-10,16H,2-8H2,1H3,(H,21,22)/t9-,10+. The van der Waals surface area contributed by atoms with E-state index in [1.54, 1.807) is 12.0 Å². The molecule has 0 saturated carbocycles. The first-order valence-electron chi connectivity index (χ1n) is 8.08. The van der Waals surface area contributed by atoms with E-state index in [0.717, 1.165) is 43.9 Å². The van der Waals surface area contributed by atoms with Gasteiger partial charge in [-0.05, 0) is 25.8 Å². The number of nitrogens with zero attached hydrogens (tertiary/aromatic N) is 4. The molecule has 124 valence electrons. The molecule has 8 heteroatoms. The summed E-state index contributed by atoms with van der Waals surface area (Å²) in [5.41, 5.74) is 2.17. The largest absolute Gasteiger partial charge is 0.467 e. The Morgan fingerprint density at radius 1 is 1.30 bits per heavy atom. The van der Waals surface area contributed by atoms with Crippen molar-refractivity contribution in [3.05, 3.63) is 11.3 Å². The molecule has 3 aliphatic rings. The first kappa shape index (κ1) is 14.5. The zero-order chi connectivity index (χ0) is 16.0. The summed E-state index contributed by atoms with van der Waals surface area (Å²) in [7, 11) is 1.58. The molecule has 0 unspecified atom stereocenters. The van der Waals surface area contributed by atoms with Gasteiger partial charge in [0.15, 0.2) is 0 Å². The van der Waals surface area contributed by atoms with E-state index in [4.69, 9.17) is 4.74 Å².